The lowest BCUT2D eigenvalue weighted by molar-refractivity contribution is -0.140. The van der Waals surface area contributed by atoms with Gasteiger partial charge < -0.3 is 20.9 Å². The summed E-state index contributed by atoms with van der Waals surface area (Å²) in [5.41, 5.74) is 1.25. The first kappa shape index (κ1) is 23.1. The maximum absolute atomic E-state index is 14.6. The lowest BCUT2D eigenvalue weighted by Gasteiger charge is -2.58. The zero-order chi connectivity index (χ0) is 24.1. The van der Waals surface area contributed by atoms with Gasteiger partial charge in [-0.15, -0.1) is 0 Å². The number of hydrogen-bond donors (Lipinski definition) is 4. The Bertz CT molecular complexity index is 1000. The van der Waals surface area contributed by atoms with Crippen LogP contribution in [-0.2, 0) is 15.1 Å². The molecule has 2 saturated heterocycles. The molecular weight excluding hydrogens is 435 g/mol. The molecule has 2 atom stereocenters. The zero-order valence-corrected chi connectivity index (χ0v) is 20.0. The van der Waals surface area contributed by atoms with Crippen LogP contribution in [0.2, 0.25) is 0 Å². The number of anilines is 2. The molecule has 1 spiro atoms. The summed E-state index contributed by atoms with van der Waals surface area (Å²) in [7, 11) is 0. The van der Waals surface area contributed by atoms with Crippen molar-refractivity contribution in [2.75, 3.05) is 43.4 Å². The lowest BCUT2D eigenvalue weighted by atomic mass is 9.57. The number of fused-ring (bicyclic) bond motifs is 1. The van der Waals surface area contributed by atoms with E-state index < -0.39 is 5.54 Å². The fraction of sp³-hybridized carbons (Fsp3) is 0.640. The summed E-state index contributed by atoms with van der Waals surface area (Å²) >= 11 is 0. The van der Waals surface area contributed by atoms with Crippen LogP contribution in [0.15, 0.2) is 12.1 Å². The number of amides is 2. The van der Waals surface area contributed by atoms with Crippen molar-refractivity contribution in [3.05, 3.63) is 23.5 Å². The van der Waals surface area contributed by atoms with Crippen LogP contribution in [-0.4, -0.2) is 66.7 Å². The van der Waals surface area contributed by atoms with Gasteiger partial charge in [0.25, 0.3) is 0 Å². The summed E-state index contributed by atoms with van der Waals surface area (Å²) in [6, 6.07) is 2.89. The van der Waals surface area contributed by atoms with Crippen LogP contribution in [0.3, 0.4) is 0 Å². The van der Waals surface area contributed by atoms with Crippen molar-refractivity contribution in [3.8, 4) is 0 Å². The maximum atomic E-state index is 14.6. The predicted molar refractivity (Wildman–Crippen MR) is 129 cm³/mol. The highest BCUT2D eigenvalue weighted by Gasteiger charge is 2.55. The third-order valence-corrected chi connectivity index (χ3v) is 8.34. The van der Waals surface area contributed by atoms with Crippen molar-refractivity contribution in [2.45, 2.75) is 57.5 Å². The molecule has 2 amide bonds. The number of carbonyl (C=O) groups excluding carboxylic acids is 2. The van der Waals surface area contributed by atoms with Gasteiger partial charge in [-0.2, -0.15) is 0 Å². The fourth-order valence-corrected chi connectivity index (χ4v) is 6.72. The van der Waals surface area contributed by atoms with Gasteiger partial charge in [0.2, 0.25) is 11.8 Å². The number of halogens is 1. The molecular formula is C25H35FN6O2. The van der Waals surface area contributed by atoms with Gasteiger partial charge in [-0.1, -0.05) is 6.92 Å². The largest absolute Gasteiger partial charge is 0.384 e. The van der Waals surface area contributed by atoms with Crippen molar-refractivity contribution in [1.29, 1.82) is 5.41 Å². The number of piperidine rings is 1. The highest BCUT2D eigenvalue weighted by atomic mass is 19.1. The van der Waals surface area contributed by atoms with Gasteiger partial charge >= 0.3 is 0 Å². The van der Waals surface area contributed by atoms with Crippen LogP contribution in [0, 0.1) is 22.6 Å². The van der Waals surface area contributed by atoms with E-state index >= 15 is 0 Å². The topological polar surface area (TPSA) is 101 Å². The van der Waals surface area contributed by atoms with Crippen LogP contribution >= 0.6 is 0 Å². The van der Waals surface area contributed by atoms with Gasteiger partial charge in [-0.05, 0) is 57.7 Å². The van der Waals surface area contributed by atoms with Crippen LogP contribution in [0.1, 0.15) is 51.5 Å². The summed E-state index contributed by atoms with van der Waals surface area (Å²) in [6.07, 6.45) is 5.43. The minimum atomic E-state index is -0.937. The zero-order valence-electron chi connectivity index (χ0n) is 20.0. The number of rotatable bonds is 7. The number of likely N-dealkylation sites (tertiary alicyclic amines) is 2. The molecule has 0 unspecified atom stereocenters. The van der Waals surface area contributed by atoms with Crippen LogP contribution in [0.5, 0.6) is 0 Å². The second kappa shape index (κ2) is 8.52. The van der Waals surface area contributed by atoms with Gasteiger partial charge in [0, 0.05) is 49.1 Å². The number of benzene rings is 1. The number of carbonyl (C=O) groups is 2. The van der Waals surface area contributed by atoms with Gasteiger partial charge in [0.1, 0.15) is 11.4 Å². The average Bonchev–Trinajstić information content (AvgIpc) is 3.04. The molecule has 3 fully saturated rings. The minimum absolute atomic E-state index is 0.0284. The third-order valence-electron chi connectivity index (χ3n) is 8.34. The van der Waals surface area contributed by atoms with Gasteiger partial charge in [-0.3, -0.25) is 19.9 Å². The number of nitrogens with one attached hydrogen (secondary N) is 4. The van der Waals surface area contributed by atoms with Crippen molar-refractivity contribution in [1.82, 2.24) is 15.1 Å². The Balaban J connectivity index is 1.29. The quantitative estimate of drug-likeness (QED) is 0.363. The van der Waals surface area contributed by atoms with Crippen LogP contribution < -0.4 is 16.0 Å². The highest BCUT2D eigenvalue weighted by molar-refractivity contribution is 6.08. The predicted octanol–water partition coefficient (Wildman–Crippen LogP) is 2.71. The molecule has 1 aliphatic carbocycles. The molecule has 0 aromatic heterocycles. The van der Waals surface area contributed by atoms with Gasteiger partial charge in [0.15, 0.2) is 0 Å². The summed E-state index contributed by atoms with van der Waals surface area (Å²) < 4.78 is 14.6. The van der Waals surface area contributed by atoms with Crippen molar-refractivity contribution in [2.24, 2.45) is 11.3 Å². The second-order valence-electron chi connectivity index (χ2n) is 10.5. The molecule has 4 aliphatic rings. The number of nitrogens with zero attached hydrogens (tertiary/aromatic N) is 2. The second-order valence-corrected chi connectivity index (χ2v) is 10.5. The fourth-order valence-electron chi connectivity index (χ4n) is 6.72. The van der Waals surface area contributed by atoms with Crippen molar-refractivity contribution >= 4 is 29.5 Å². The summed E-state index contributed by atoms with van der Waals surface area (Å²) in [4.78, 5) is 30.5. The molecule has 1 aromatic rings. The molecule has 5 rings (SSSR count). The van der Waals surface area contributed by atoms with E-state index in [-0.39, 0.29) is 35.0 Å². The molecule has 34 heavy (non-hydrogen) atoms. The Labute approximate surface area is 200 Å². The first-order chi connectivity index (χ1) is 16.3. The van der Waals surface area contributed by atoms with Gasteiger partial charge in [-0.25, -0.2) is 4.39 Å². The molecule has 184 valence electrons. The van der Waals surface area contributed by atoms with Crippen LogP contribution in [0.25, 0.3) is 0 Å². The highest BCUT2D eigenvalue weighted by Crippen LogP contribution is 2.52. The maximum Gasteiger partial charge on any atom is 0.249 e. The minimum Gasteiger partial charge on any atom is -0.384 e. The summed E-state index contributed by atoms with van der Waals surface area (Å²) in [5.74, 6) is -0.338. The van der Waals surface area contributed by atoms with E-state index in [4.69, 9.17) is 5.41 Å². The van der Waals surface area contributed by atoms with E-state index in [1.807, 2.05) is 18.7 Å². The molecule has 4 N–H and O–H groups in total. The normalized spacial score (nSPS) is 28.0. The van der Waals surface area contributed by atoms with E-state index in [2.05, 4.69) is 20.9 Å². The van der Waals surface area contributed by atoms with Gasteiger partial charge in [0.05, 0.1) is 17.7 Å². The average molecular weight is 471 g/mol. The van der Waals surface area contributed by atoms with E-state index in [9.17, 15) is 14.0 Å². The summed E-state index contributed by atoms with van der Waals surface area (Å²) in [5, 5.41) is 16.8. The smallest absolute Gasteiger partial charge is 0.249 e. The Morgan fingerprint density at radius 2 is 2.09 bits per heavy atom. The Hall–Kier alpha value is -2.68. The van der Waals surface area contributed by atoms with Crippen LogP contribution in [0.4, 0.5) is 15.8 Å². The van der Waals surface area contributed by atoms with E-state index in [1.165, 1.54) is 18.5 Å². The molecule has 9 heteroatoms. The number of hydrogen-bond acceptors (Lipinski definition) is 5. The van der Waals surface area contributed by atoms with E-state index in [0.29, 0.717) is 36.4 Å². The Kier molecular flexibility index (Phi) is 5.78. The standard InChI is InChI=1S/C25H35FN6O2/c1-3-25(19-8-17(26)9-20(28-4-2)21(19)30-23(25)34)32-7-5-6-18(12-32)29-22(33)16-10-24(11-16)13-31(14-24)15-27/h8-9,15-16,18,27-28H,3-7,10-14H2,1-2H3,(H,29,33)(H,30,34)/t18-,25+/m1/s1. The summed E-state index contributed by atoms with van der Waals surface area (Å²) in [6.45, 7) is 7.61. The van der Waals surface area contributed by atoms with E-state index in [0.717, 1.165) is 45.3 Å². The third kappa shape index (κ3) is 3.56. The molecule has 1 saturated carbocycles. The SMILES string of the molecule is CCNc1cc(F)cc2c1NC(=O)[C@@]2(CC)N1CCC[C@@H](NC(=O)C2CC3(C2)CN(C=N)C3)C1. The Morgan fingerprint density at radius 1 is 1.32 bits per heavy atom. The monoisotopic (exact) mass is 470 g/mol. The molecule has 0 radical (unpaired) electrons. The first-order valence-electron chi connectivity index (χ1n) is 12.5. The molecule has 8 nitrogen and oxygen atoms in total. The Morgan fingerprint density at radius 3 is 2.76 bits per heavy atom. The van der Waals surface area contributed by atoms with Crippen molar-refractivity contribution < 1.29 is 14.0 Å². The molecule has 3 heterocycles. The van der Waals surface area contributed by atoms with Crippen molar-refractivity contribution in [3.63, 3.8) is 0 Å². The lowest BCUT2D eigenvalue weighted by Crippen LogP contribution is -2.64. The van der Waals surface area contributed by atoms with E-state index in [1.54, 1.807) is 0 Å². The first-order valence-corrected chi connectivity index (χ1v) is 12.5. The molecule has 3 aliphatic heterocycles. The molecule has 0 bridgehead atoms. The molecule has 1 aromatic carbocycles.